The highest BCUT2D eigenvalue weighted by molar-refractivity contribution is 7.09. The van der Waals surface area contributed by atoms with E-state index in [4.69, 9.17) is 10.5 Å². The Morgan fingerprint density at radius 3 is 3.00 bits per heavy atom. The molecule has 0 aromatic carbocycles. The minimum Gasteiger partial charge on any atom is -0.376 e. The van der Waals surface area contributed by atoms with Crippen molar-refractivity contribution >= 4 is 17.2 Å². The Balaban J connectivity index is 2.07. The Hall–Kier alpha value is -0.980. The van der Waals surface area contributed by atoms with Crippen molar-refractivity contribution < 1.29 is 9.53 Å². The fourth-order valence-corrected chi connectivity index (χ4v) is 2.68. The summed E-state index contributed by atoms with van der Waals surface area (Å²) in [6.45, 7) is 6.51. The van der Waals surface area contributed by atoms with E-state index in [1.807, 2.05) is 20.8 Å². The molecular formula is C12H19N3O2S. The third-order valence-corrected chi connectivity index (χ3v) is 4.48. The molecule has 2 rings (SSSR count). The summed E-state index contributed by atoms with van der Waals surface area (Å²) in [5.41, 5.74) is 5.86. The molecule has 18 heavy (non-hydrogen) atoms. The lowest BCUT2D eigenvalue weighted by Crippen LogP contribution is -2.50. The van der Waals surface area contributed by atoms with Crippen LogP contribution in [0.15, 0.2) is 5.38 Å². The second-order valence-electron chi connectivity index (χ2n) is 4.99. The average molecular weight is 269 g/mol. The van der Waals surface area contributed by atoms with Crippen LogP contribution in [0.4, 0.5) is 0 Å². The predicted molar refractivity (Wildman–Crippen MR) is 70.6 cm³/mol. The Bertz CT molecular complexity index is 446. The van der Waals surface area contributed by atoms with Gasteiger partial charge in [-0.25, -0.2) is 4.98 Å². The van der Waals surface area contributed by atoms with Crippen molar-refractivity contribution in [2.24, 2.45) is 5.73 Å². The van der Waals surface area contributed by atoms with E-state index in [1.54, 1.807) is 5.38 Å². The van der Waals surface area contributed by atoms with Crippen LogP contribution < -0.4 is 11.1 Å². The topological polar surface area (TPSA) is 77.2 Å². The van der Waals surface area contributed by atoms with Gasteiger partial charge in [-0.2, -0.15) is 0 Å². The molecule has 1 aliphatic rings. The first-order chi connectivity index (χ1) is 8.42. The summed E-state index contributed by atoms with van der Waals surface area (Å²) >= 11 is 1.42. The van der Waals surface area contributed by atoms with Crippen molar-refractivity contribution in [3.05, 3.63) is 16.1 Å². The van der Waals surface area contributed by atoms with Crippen LogP contribution in [0.3, 0.4) is 0 Å². The van der Waals surface area contributed by atoms with E-state index in [-0.39, 0.29) is 23.6 Å². The SMILES string of the molecule is CC(N)c1nc(C(=O)NC2(C)CCOC2C)cs1. The quantitative estimate of drug-likeness (QED) is 0.871. The molecule has 3 atom stereocenters. The van der Waals surface area contributed by atoms with Gasteiger partial charge in [-0.15, -0.1) is 11.3 Å². The van der Waals surface area contributed by atoms with Gasteiger partial charge >= 0.3 is 0 Å². The lowest BCUT2D eigenvalue weighted by molar-refractivity contribution is 0.0724. The zero-order valence-corrected chi connectivity index (χ0v) is 11.7. The molecule has 6 heteroatoms. The van der Waals surface area contributed by atoms with E-state index in [2.05, 4.69) is 10.3 Å². The van der Waals surface area contributed by atoms with Crippen molar-refractivity contribution in [3.63, 3.8) is 0 Å². The number of rotatable bonds is 3. The number of amides is 1. The smallest absolute Gasteiger partial charge is 0.271 e. The van der Waals surface area contributed by atoms with Crippen molar-refractivity contribution in [3.8, 4) is 0 Å². The summed E-state index contributed by atoms with van der Waals surface area (Å²) < 4.78 is 5.50. The molecule has 3 unspecified atom stereocenters. The normalized spacial score (nSPS) is 29.2. The van der Waals surface area contributed by atoms with Gasteiger partial charge in [0, 0.05) is 12.0 Å². The third-order valence-electron chi connectivity index (χ3n) is 3.43. The van der Waals surface area contributed by atoms with Crippen LogP contribution in [0.1, 0.15) is 48.7 Å². The Labute approximate surface area is 111 Å². The highest BCUT2D eigenvalue weighted by Crippen LogP contribution is 2.25. The highest BCUT2D eigenvalue weighted by Gasteiger charge is 2.38. The molecule has 1 fully saturated rings. The van der Waals surface area contributed by atoms with Gasteiger partial charge in [-0.3, -0.25) is 4.79 Å². The summed E-state index contributed by atoms with van der Waals surface area (Å²) in [7, 11) is 0. The largest absolute Gasteiger partial charge is 0.376 e. The molecule has 0 spiro atoms. The molecule has 1 aromatic rings. The number of carbonyl (C=O) groups excluding carboxylic acids is 1. The van der Waals surface area contributed by atoms with Gasteiger partial charge in [0.1, 0.15) is 10.7 Å². The van der Waals surface area contributed by atoms with Crippen molar-refractivity contribution in [1.29, 1.82) is 0 Å². The molecule has 0 saturated carbocycles. The highest BCUT2D eigenvalue weighted by atomic mass is 32.1. The maximum Gasteiger partial charge on any atom is 0.271 e. The molecule has 1 saturated heterocycles. The average Bonchev–Trinajstić information content (AvgIpc) is 2.87. The van der Waals surface area contributed by atoms with Gasteiger partial charge < -0.3 is 15.8 Å². The number of carbonyl (C=O) groups is 1. The minimum atomic E-state index is -0.310. The molecule has 0 bridgehead atoms. The van der Waals surface area contributed by atoms with Crippen LogP contribution in [0, 0.1) is 0 Å². The van der Waals surface area contributed by atoms with E-state index >= 15 is 0 Å². The number of ether oxygens (including phenoxy) is 1. The molecular weight excluding hydrogens is 250 g/mol. The molecule has 100 valence electrons. The number of nitrogens with two attached hydrogens (primary N) is 1. The number of hydrogen-bond acceptors (Lipinski definition) is 5. The zero-order chi connectivity index (χ0) is 13.3. The maximum absolute atomic E-state index is 12.1. The van der Waals surface area contributed by atoms with Gasteiger partial charge in [-0.1, -0.05) is 0 Å². The standard InChI is InChI=1S/C12H19N3O2S/c1-7(13)11-14-9(6-18-11)10(16)15-12(3)4-5-17-8(12)2/h6-8H,4-5,13H2,1-3H3,(H,15,16). The van der Waals surface area contributed by atoms with E-state index < -0.39 is 0 Å². The summed E-state index contributed by atoms with van der Waals surface area (Å²) in [6.07, 6.45) is 0.845. The van der Waals surface area contributed by atoms with Gasteiger partial charge in [0.25, 0.3) is 5.91 Å². The van der Waals surface area contributed by atoms with Gasteiger partial charge in [0.05, 0.1) is 17.7 Å². The molecule has 1 aliphatic heterocycles. The lowest BCUT2D eigenvalue weighted by Gasteiger charge is -2.28. The molecule has 0 aliphatic carbocycles. The Kier molecular flexibility index (Phi) is 3.70. The second kappa shape index (κ2) is 4.95. The van der Waals surface area contributed by atoms with Crippen LogP contribution in [0.25, 0.3) is 0 Å². The fourth-order valence-electron chi connectivity index (χ4n) is 1.92. The number of thiazole rings is 1. The minimum absolute atomic E-state index is 0.0213. The van der Waals surface area contributed by atoms with Crippen LogP contribution in [0.2, 0.25) is 0 Å². The predicted octanol–water partition coefficient (Wildman–Crippen LogP) is 1.46. The summed E-state index contributed by atoms with van der Waals surface area (Å²) in [5, 5.41) is 5.54. The first-order valence-corrected chi connectivity index (χ1v) is 6.95. The molecule has 1 aromatic heterocycles. The van der Waals surface area contributed by atoms with Crippen LogP contribution in [-0.2, 0) is 4.74 Å². The Morgan fingerprint density at radius 1 is 1.78 bits per heavy atom. The van der Waals surface area contributed by atoms with Crippen molar-refractivity contribution in [2.45, 2.75) is 44.9 Å². The van der Waals surface area contributed by atoms with E-state index in [0.717, 1.165) is 11.4 Å². The Morgan fingerprint density at radius 2 is 2.50 bits per heavy atom. The monoisotopic (exact) mass is 269 g/mol. The van der Waals surface area contributed by atoms with Crippen molar-refractivity contribution in [2.75, 3.05) is 6.61 Å². The van der Waals surface area contributed by atoms with E-state index in [0.29, 0.717) is 12.3 Å². The molecule has 5 nitrogen and oxygen atoms in total. The van der Waals surface area contributed by atoms with Crippen LogP contribution in [0.5, 0.6) is 0 Å². The van der Waals surface area contributed by atoms with Gasteiger partial charge in [-0.05, 0) is 27.2 Å². The zero-order valence-electron chi connectivity index (χ0n) is 10.9. The number of aromatic nitrogens is 1. The molecule has 1 amide bonds. The van der Waals surface area contributed by atoms with Gasteiger partial charge in [0.2, 0.25) is 0 Å². The summed E-state index contributed by atoms with van der Waals surface area (Å²) in [6, 6.07) is -0.138. The van der Waals surface area contributed by atoms with Crippen LogP contribution in [-0.4, -0.2) is 29.1 Å². The summed E-state index contributed by atoms with van der Waals surface area (Å²) in [4.78, 5) is 16.4. The van der Waals surface area contributed by atoms with Gasteiger partial charge in [0.15, 0.2) is 0 Å². The summed E-state index contributed by atoms with van der Waals surface area (Å²) in [5.74, 6) is -0.155. The molecule has 3 N–H and O–H groups in total. The fraction of sp³-hybridized carbons (Fsp3) is 0.667. The second-order valence-corrected chi connectivity index (χ2v) is 5.88. The molecule has 2 heterocycles. The lowest BCUT2D eigenvalue weighted by atomic mass is 9.94. The molecule has 0 radical (unpaired) electrons. The number of nitrogens with zero attached hydrogens (tertiary/aromatic N) is 1. The number of nitrogens with one attached hydrogen (secondary N) is 1. The van der Waals surface area contributed by atoms with Crippen molar-refractivity contribution in [1.82, 2.24) is 10.3 Å². The van der Waals surface area contributed by atoms with Crippen LogP contribution >= 0.6 is 11.3 Å². The van der Waals surface area contributed by atoms with E-state index in [9.17, 15) is 4.79 Å². The number of hydrogen-bond donors (Lipinski definition) is 2. The third kappa shape index (κ3) is 2.55. The van der Waals surface area contributed by atoms with E-state index in [1.165, 1.54) is 11.3 Å². The first-order valence-electron chi connectivity index (χ1n) is 6.07. The first kappa shape index (κ1) is 13.5. The maximum atomic E-state index is 12.1.